The molecule has 1 aliphatic rings. The number of aromatic nitrogens is 1. The van der Waals surface area contributed by atoms with Gasteiger partial charge >= 0.3 is 0 Å². The molecule has 3 rings (SSSR count). The Hall–Kier alpha value is -1.92. The molecule has 0 saturated carbocycles. The lowest BCUT2D eigenvalue weighted by molar-refractivity contribution is 0.102. The van der Waals surface area contributed by atoms with Crippen LogP contribution in [0.25, 0.3) is 0 Å². The summed E-state index contributed by atoms with van der Waals surface area (Å²) < 4.78 is 5.28. The predicted molar refractivity (Wildman–Crippen MR) is 101 cm³/mol. The second-order valence-electron chi connectivity index (χ2n) is 6.77. The van der Waals surface area contributed by atoms with Crippen molar-refractivity contribution in [3.63, 3.8) is 0 Å². The van der Waals surface area contributed by atoms with Gasteiger partial charge in [0.15, 0.2) is 5.13 Å². The van der Waals surface area contributed by atoms with Crippen molar-refractivity contribution in [1.29, 1.82) is 0 Å². The van der Waals surface area contributed by atoms with Crippen LogP contribution >= 0.6 is 11.3 Å². The highest BCUT2D eigenvalue weighted by Crippen LogP contribution is 2.23. The van der Waals surface area contributed by atoms with Gasteiger partial charge in [-0.3, -0.25) is 15.0 Å². The molecule has 1 saturated heterocycles. The number of piperidine rings is 1. The zero-order valence-corrected chi connectivity index (χ0v) is 15.9. The summed E-state index contributed by atoms with van der Waals surface area (Å²) >= 11 is 1.47. The van der Waals surface area contributed by atoms with Gasteiger partial charge in [-0.05, 0) is 49.9 Å². The number of likely N-dealkylation sites (tertiary alicyclic amines) is 1. The van der Waals surface area contributed by atoms with E-state index in [-0.39, 0.29) is 5.91 Å². The highest BCUT2D eigenvalue weighted by atomic mass is 32.1. The number of aryl methyl sites for hydroxylation is 1. The first-order chi connectivity index (χ1) is 12.0. The topological polar surface area (TPSA) is 54.5 Å². The molecule has 1 aliphatic heterocycles. The Balaban J connectivity index is 1.62. The average Bonchev–Trinajstić information content (AvgIpc) is 3.02. The van der Waals surface area contributed by atoms with Gasteiger partial charge in [-0.1, -0.05) is 13.0 Å². The van der Waals surface area contributed by atoms with E-state index in [1.54, 1.807) is 19.2 Å². The summed E-state index contributed by atoms with van der Waals surface area (Å²) in [6.07, 6.45) is 2.57. The van der Waals surface area contributed by atoms with Crippen LogP contribution < -0.4 is 10.1 Å². The lowest BCUT2D eigenvalue weighted by Gasteiger charge is -2.30. The molecular weight excluding hydrogens is 334 g/mol. The van der Waals surface area contributed by atoms with Crippen LogP contribution in [0.5, 0.6) is 5.75 Å². The van der Waals surface area contributed by atoms with Crippen molar-refractivity contribution in [2.24, 2.45) is 5.92 Å². The summed E-state index contributed by atoms with van der Waals surface area (Å²) in [5.74, 6) is 1.31. The normalized spacial score (nSPS) is 18.1. The quantitative estimate of drug-likeness (QED) is 0.878. The van der Waals surface area contributed by atoms with Crippen molar-refractivity contribution in [2.75, 3.05) is 25.5 Å². The second kappa shape index (κ2) is 7.97. The Morgan fingerprint density at radius 3 is 3.08 bits per heavy atom. The number of benzene rings is 1. The van der Waals surface area contributed by atoms with Crippen LogP contribution in [0.3, 0.4) is 0 Å². The molecule has 0 radical (unpaired) electrons. The molecule has 25 heavy (non-hydrogen) atoms. The third-order valence-corrected chi connectivity index (χ3v) is 5.38. The van der Waals surface area contributed by atoms with Crippen LogP contribution in [-0.4, -0.2) is 36.0 Å². The van der Waals surface area contributed by atoms with Crippen LogP contribution in [0.1, 0.15) is 41.4 Å². The lowest BCUT2D eigenvalue weighted by atomic mass is 10.0. The molecule has 1 fully saturated rings. The summed E-state index contributed by atoms with van der Waals surface area (Å²) in [6, 6.07) is 5.45. The number of hydrogen-bond acceptors (Lipinski definition) is 5. The summed E-state index contributed by atoms with van der Waals surface area (Å²) in [7, 11) is 1.61. The second-order valence-corrected chi connectivity index (χ2v) is 7.62. The fourth-order valence-electron chi connectivity index (χ4n) is 3.23. The molecule has 0 spiro atoms. The minimum atomic E-state index is -0.161. The molecule has 5 nitrogen and oxygen atoms in total. The number of rotatable bonds is 5. The smallest absolute Gasteiger partial charge is 0.257 e. The summed E-state index contributed by atoms with van der Waals surface area (Å²) in [6.45, 7) is 7.37. The van der Waals surface area contributed by atoms with E-state index in [1.165, 1.54) is 24.2 Å². The SMILES string of the molecule is COc1cc(C(=O)Nc2nc(CN3CCCC(C)C3)cs2)ccc1C. The van der Waals surface area contributed by atoms with E-state index < -0.39 is 0 Å². The number of ether oxygens (including phenoxy) is 1. The minimum absolute atomic E-state index is 0.161. The molecule has 1 N–H and O–H groups in total. The van der Waals surface area contributed by atoms with Gasteiger partial charge in [-0.25, -0.2) is 4.98 Å². The van der Waals surface area contributed by atoms with Crippen LogP contribution in [0, 0.1) is 12.8 Å². The molecule has 1 unspecified atom stereocenters. The highest BCUT2D eigenvalue weighted by molar-refractivity contribution is 7.13. The van der Waals surface area contributed by atoms with Gasteiger partial charge in [0.05, 0.1) is 12.8 Å². The third kappa shape index (κ3) is 4.58. The monoisotopic (exact) mass is 359 g/mol. The Labute approximate surface area is 153 Å². The molecule has 1 amide bonds. The van der Waals surface area contributed by atoms with Crippen molar-refractivity contribution < 1.29 is 9.53 Å². The number of nitrogens with one attached hydrogen (secondary N) is 1. The zero-order chi connectivity index (χ0) is 17.8. The first-order valence-electron chi connectivity index (χ1n) is 8.68. The molecule has 2 aromatic rings. The summed E-state index contributed by atoms with van der Waals surface area (Å²) in [4.78, 5) is 19.4. The van der Waals surface area contributed by atoms with Gasteiger partial charge in [-0.2, -0.15) is 0 Å². The fraction of sp³-hybridized carbons (Fsp3) is 0.474. The molecule has 1 aromatic carbocycles. The van der Waals surface area contributed by atoms with Crippen molar-refractivity contribution in [3.8, 4) is 5.75 Å². The van der Waals surface area contributed by atoms with Gasteiger partial charge in [0, 0.05) is 24.0 Å². The molecule has 0 bridgehead atoms. The maximum absolute atomic E-state index is 12.4. The summed E-state index contributed by atoms with van der Waals surface area (Å²) in [5, 5.41) is 5.57. The molecule has 1 atom stereocenters. The van der Waals surface area contributed by atoms with Gasteiger partial charge in [0.1, 0.15) is 5.75 Å². The first kappa shape index (κ1) is 17.9. The Bertz CT molecular complexity index is 744. The highest BCUT2D eigenvalue weighted by Gasteiger charge is 2.18. The van der Waals surface area contributed by atoms with E-state index in [2.05, 4.69) is 22.1 Å². The van der Waals surface area contributed by atoms with Crippen molar-refractivity contribution >= 4 is 22.4 Å². The fourth-order valence-corrected chi connectivity index (χ4v) is 3.92. The number of anilines is 1. The van der Waals surface area contributed by atoms with E-state index in [1.807, 2.05) is 18.4 Å². The maximum Gasteiger partial charge on any atom is 0.257 e. The lowest BCUT2D eigenvalue weighted by Crippen LogP contribution is -2.33. The van der Waals surface area contributed by atoms with E-state index >= 15 is 0 Å². The summed E-state index contributed by atoms with van der Waals surface area (Å²) in [5.41, 5.74) is 2.60. The van der Waals surface area contributed by atoms with Gasteiger partial charge in [0.2, 0.25) is 0 Å². The van der Waals surface area contributed by atoms with Crippen LogP contribution in [0.4, 0.5) is 5.13 Å². The van der Waals surface area contributed by atoms with Gasteiger partial charge < -0.3 is 4.74 Å². The molecular formula is C19H25N3O2S. The van der Waals surface area contributed by atoms with E-state index in [9.17, 15) is 4.79 Å². The van der Waals surface area contributed by atoms with E-state index in [4.69, 9.17) is 4.74 Å². The number of carbonyl (C=O) groups excluding carboxylic acids is 1. The Kier molecular flexibility index (Phi) is 5.71. The maximum atomic E-state index is 12.4. The van der Waals surface area contributed by atoms with Crippen LogP contribution in [-0.2, 0) is 6.54 Å². The van der Waals surface area contributed by atoms with Crippen molar-refractivity contribution in [3.05, 3.63) is 40.4 Å². The van der Waals surface area contributed by atoms with Crippen LogP contribution in [0.2, 0.25) is 0 Å². The van der Waals surface area contributed by atoms with E-state index in [0.29, 0.717) is 16.4 Å². The third-order valence-electron chi connectivity index (χ3n) is 4.57. The molecule has 1 aromatic heterocycles. The average molecular weight is 359 g/mol. The van der Waals surface area contributed by atoms with Crippen LogP contribution in [0.15, 0.2) is 23.6 Å². The number of thiazole rings is 1. The van der Waals surface area contributed by atoms with E-state index in [0.717, 1.165) is 36.8 Å². The number of amides is 1. The first-order valence-corrected chi connectivity index (χ1v) is 9.56. The molecule has 0 aliphatic carbocycles. The number of hydrogen-bond donors (Lipinski definition) is 1. The molecule has 6 heteroatoms. The predicted octanol–water partition coefficient (Wildman–Crippen LogP) is 3.94. The molecule has 2 heterocycles. The Morgan fingerprint density at radius 2 is 2.32 bits per heavy atom. The van der Waals surface area contributed by atoms with Gasteiger partial charge in [0.25, 0.3) is 5.91 Å². The number of carbonyl (C=O) groups is 1. The Morgan fingerprint density at radius 1 is 1.48 bits per heavy atom. The van der Waals surface area contributed by atoms with Crippen molar-refractivity contribution in [1.82, 2.24) is 9.88 Å². The zero-order valence-electron chi connectivity index (χ0n) is 15.0. The number of nitrogens with zero attached hydrogens (tertiary/aromatic N) is 2. The van der Waals surface area contributed by atoms with Gasteiger partial charge in [-0.15, -0.1) is 11.3 Å². The molecule has 134 valence electrons. The standard InChI is InChI=1S/C19H25N3O2S/c1-13-5-4-8-22(10-13)11-16-12-25-19(20-16)21-18(23)15-7-6-14(2)17(9-15)24-3/h6-7,9,12-13H,4-5,8,10-11H2,1-3H3,(H,20,21,23). The number of methoxy groups -OCH3 is 1. The minimum Gasteiger partial charge on any atom is -0.496 e. The largest absolute Gasteiger partial charge is 0.496 e. The van der Waals surface area contributed by atoms with Crippen molar-refractivity contribution in [2.45, 2.75) is 33.2 Å².